The van der Waals surface area contributed by atoms with E-state index in [2.05, 4.69) is 26.8 Å². The number of rotatable bonds is 1. The van der Waals surface area contributed by atoms with Gasteiger partial charge in [-0.2, -0.15) is 0 Å². The minimum atomic E-state index is 0.193. The topological polar surface area (TPSA) is 63.3 Å². The van der Waals surface area contributed by atoms with E-state index in [1.165, 1.54) is 0 Å². The van der Waals surface area contributed by atoms with Crippen molar-refractivity contribution >= 4 is 5.78 Å². The summed E-state index contributed by atoms with van der Waals surface area (Å²) in [5.74, 6) is 6.90. The zero-order chi connectivity index (χ0) is 16.4. The van der Waals surface area contributed by atoms with E-state index in [0.29, 0.717) is 17.0 Å². The molecule has 0 atom stereocenters. The summed E-state index contributed by atoms with van der Waals surface area (Å²) in [4.78, 5) is 12.7. The van der Waals surface area contributed by atoms with E-state index in [9.17, 15) is 5.11 Å². The standard InChI is InChI=1S/C19H12N4O/c24-18-4-2-1-3-16(18)17-13-23-12-15(11-21-19(23)22-17)6-5-14-7-9-20-10-8-14/h1-4,7-13,24H. The number of hydrogen-bond acceptors (Lipinski definition) is 4. The number of phenols is 1. The zero-order valence-electron chi connectivity index (χ0n) is 12.6. The van der Waals surface area contributed by atoms with Crippen LogP contribution in [-0.4, -0.2) is 24.5 Å². The number of imidazole rings is 1. The quantitative estimate of drug-likeness (QED) is 0.549. The van der Waals surface area contributed by atoms with E-state index in [1.807, 2.05) is 36.7 Å². The fraction of sp³-hybridized carbons (Fsp3) is 0. The van der Waals surface area contributed by atoms with Crippen LogP contribution in [0.25, 0.3) is 17.0 Å². The van der Waals surface area contributed by atoms with E-state index >= 15 is 0 Å². The lowest BCUT2D eigenvalue weighted by Crippen LogP contribution is -1.89. The van der Waals surface area contributed by atoms with Crippen molar-refractivity contribution in [3.8, 4) is 28.8 Å². The number of benzene rings is 1. The maximum absolute atomic E-state index is 9.96. The molecule has 24 heavy (non-hydrogen) atoms. The molecule has 0 amide bonds. The Labute approximate surface area is 138 Å². The lowest BCUT2D eigenvalue weighted by atomic mass is 10.1. The molecule has 0 saturated carbocycles. The van der Waals surface area contributed by atoms with Crippen molar-refractivity contribution in [1.82, 2.24) is 19.4 Å². The van der Waals surface area contributed by atoms with Gasteiger partial charge in [-0.25, -0.2) is 9.97 Å². The smallest absolute Gasteiger partial charge is 0.234 e. The Morgan fingerprint density at radius 2 is 1.71 bits per heavy atom. The Balaban J connectivity index is 1.72. The van der Waals surface area contributed by atoms with E-state index in [0.717, 1.165) is 11.1 Å². The predicted octanol–water partition coefficient (Wildman–Crippen LogP) is 2.90. The molecule has 4 aromatic rings. The van der Waals surface area contributed by atoms with Gasteiger partial charge in [-0.05, 0) is 24.3 Å². The zero-order valence-corrected chi connectivity index (χ0v) is 12.6. The molecule has 114 valence electrons. The van der Waals surface area contributed by atoms with Crippen molar-refractivity contribution in [2.45, 2.75) is 0 Å². The first-order chi connectivity index (χ1) is 11.8. The van der Waals surface area contributed by atoms with Crippen LogP contribution in [0.5, 0.6) is 5.75 Å². The van der Waals surface area contributed by atoms with Crippen LogP contribution in [0.3, 0.4) is 0 Å². The Morgan fingerprint density at radius 1 is 0.917 bits per heavy atom. The summed E-state index contributed by atoms with van der Waals surface area (Å²) in [5.41, 5.74) is 3.01. The van der Waals surface area contributed by atoms with Crippen LogP contribution in [0, 0.1) is 11.8 Å². The third kappa shape index (κ3) is 2.69. The lowest BCUT2D eigenvalue weighted by Gasteiger charge is -1.98. The number of nitrogens with zero attached hydrogens (tertiary/aromatic N) is 4. The fourth-order valence-electron chi connectivity index (χ4n) is 2.35. The Bertz CT molecular complexity index is 1070. The van der Waals surface area contributed by atoms with Gasteiger partial charge in [0.05, 0.1) is 11.3 Å². The third-order valence-corrected chi connectivity index (χ3v) is 3.52. The average molecular weight is 312 g/mol. The molecule has 5 heteroatoms. The molecule has 0 aliphatic heterocycles. The molecule has 0 bridgehead atoms. The number of aromatic hydroxyl groups is 1. The average Bonchev–Trinajstić information content (AvgIpc) is 3.04. The van der Waals surface area contributed by atoms with Gasteiger partial charge in [0, 0.05) is 42.1 Å². The second kappa shape index (κ2) is 5.86. The molecule has 5 nitrogen and oxygen atoms in total. The Kier molecular flexibility index (Phi) is 3.41. The molecule has 3 aromatic heterocycles. The normalized spacial score (nSPS) is 10.3. The summed E-state index contributed by atoms with van der Waals surface area (Å²) in [5, 5.41) is 9.96. The molecular weight excluding hydrogens is 300 g/mol. The first-order valence-electron chi connectivity index (χ1n) is 7.35. The number of aromatic nitrogens is 4. The Hall–Kier alpha value is -3.65. The molecular formula is C19H12N4O. The van der Waals surface area contributed by atoms with Crippen molar-refractivity contribution in [3.63, 3.8) is 0 Å². The molecule has 0 unspecified atom stereocenters. The summed E-state index contributed by atoms with van der Waals surface area (Å²) in [6, 6.07) is 10.8. The van der Waals surface area contributed by atoms with E-state index in [4.69, 9.17) is 0 Å². The van der Waals surface area contributed by atoms with E-state index in [1.54, 1.807) is 35.1 Å². The molecule has 0 radical (unpaired) electrons. The van der Waals surface area contributed by atoms with Gasteiger partial charge in [0.1, 0.15) is 5.75 Å². The van der Waals surface area contributed by atoms with Crippen LogP contribution in [0.15, 0.2) is 67.4 Å². The van der Waals surface area contributed by atoms with Crippen LogP contribution in [0.2, 0.25) is 0 Å². The van der Waals surface area contributed by atoms with Crippen molar-refractivity contribution < 1.29 is 5.11 Å². The molecule has 4 rings (SSSR count). The van der Waals surface area contributed by atoms with Crippen LogP contribution in [-0.2, 0) is 0 Å². The molecule has 3 heterocycles. The minimum Gasteiger partial charge on any atom is -0.507 e. The first kappa shape index (κ1) is 14.0. The number of phenolic OH excluding ortho intramolecular Hbond substituents is 1. The minimum absolute atomic E-state index is 0.193. The maximum atomic E-state index is 9.96. The largest absolute Gasteiger partial charge is 0.507 e. The van der Waals surface area contributed by atoms with Gasteiger partial charge in [-0.1, -0.05) is 24.0 Å². The molecule has 1 aromatic carbocycles. The maximum Gasteiger partial charge on any atom is 0.234 e. The second-order valence-electron chi connectivity index (χ2n) is 5.18. The van der Waals surface area contributed by atoms with Gasteiger partial charge in [0.2, 0.25) is 5.78 Å². The highest BCUT2D eigenvalue weighted by atomic mass is 16.3. The first-order valence-corrected chi connectivity index (χ1v) is 7.35. The van der Waals surface area contributed by atoms with Gasteiger partial charge in [-0.3, -0.25) is 9.38 Å². The summed E-state index contributed by atoms with van der Waals surface area (Å²) < 4.78 is 1.80. The van der Waals surface area contributed by atoms with Crippen molar-refractivity contribution in [2.24, 2.45) is 0 Å². The molecule has 0 saturated heterocycles. The van der Waals surface area contributed by atoms with Gasteiger partial charge >= 0.3 is 0 Å². The number of para-hydroxylation sites is 1. The van der Waals surface area contributed by atoms with Crippen LogP contribution in [0.4, 0.5) is 0 Å². The van der Waals surface area contributed by atoms with Gasteiger partial charge in [-0.15, -0.1) is 0 Å². The number of fused-ring (bicyclic) bond motifs is 1. The SMILES string of the molecule is Oc1ccccc1-c1cn2cc(C#Cc3ccncc3)cnc2n1. The summed E-state index contributed by atoms with van der Waals surface area (Å²) in [6.07, 6.45) is 8.80. The summed E-state index contributed by atoms with van der Waals surface area (Å²) >= 11 is 0. The van der Waals surface area contributed by atoms with E-state index < -0.39 is 0 Å². The van der Waals surface area contributed by atoms with E-state index in [-0.39, 0.29) is 5.75 Å². The lowest BCUT2D eigenvalue weighted by molar-refractivity contribution is 0.477. The Morgan fingerprint density at radius 3 is 2.54 bits per heavy atom. The van der Waals surface area contributed by atoms with Gasteiger partial charge in [0.15, 0.2) is 0 Å². The highest BCUT2D eigenvalue weighted by Gasteiger charge is 2.08. The third-order valence-electron chi connectivity index (χ3n) is 3.52. The fourth-order valence-corrected chi connectivity index (χ4v) is 2.35. The summed E-state index contributed by atoms with van der Waals surface area (Å²) in [6.45, 7) is 0. The van der Waals surface area contributed by atoms with Gasteiger partial charge < -0.3 is 5.11 Å². The molecule has 0 aliphatic rings. The van der Waals surface area contributed by atoms with Crippen LogP contribution in [0.1, 0.15) is 11.1 Å². The molecule has 1 N–H and O–H groups in total. The van der Waals surface area contributed by atoms with Gasteiger partial charge in [0.25, 0.3) is 0 Å². The molecule has 0 spiro atoms. The van der Waals surface area contributed by atoms with Crippen molar-refractivity contribution in [3.05, 3.63) is 78.5 Å². The second-order valence-corrected chi connectivity index (χ2v) is 5.18. The van der Waals surface area contributed by atoms with Crippen LogP contribution < -0.4 is 0 Å². The predicted molar refractivity (Wildman–Crippen MR) is 90.3 cm³/mol. The summed E-state index contributed by atoms with van der Waals surface area (Å²) in [7, 11) is 0. The molecule has 0 fully saturated rings. The molecule has 0 aliphatic carbocycles. The number of pyridine rings is 1. The monoisotopic (exact) mass is 312 g/mol. The van der Waals surface area contributed by atoms with Crippen molar-refractivity contribution in [1.29, 1.82) is 0 Å². The van der Waals surface area contributed by atoms with Crippen LogP contribution >= 0.6 is 0 Å². The highest BCUT2D eigenvalue weighted by Crippen LogP contribution is 2.27. The number of hydrogen-bond donors (Lipinski definition) is 1. The van der Waals surface area contributed by atoms with Crippen molar-refractivity contribution in [2.75, 3.05) is 0 Å². The highest BCUT2D eigenvalue weighted by molar-refractivity contribution is 5.68.